The van der Waals surface area contributed by atoms with Crippen LogP contribution in [0.5, 0.6) is 0 Å². The summed E-state index contributed by atoms with van der Waals surface area (Å²) in [6.45, 7) is 4.72. The fourth-order valence-electron chi connectivity index (χ4n) is 13.2. The number of hydrogen-bond acceptors (Lipinski definition) is 1. The van der Waals surface area contributed by atoms with Crippen LogP contribution in [-0.2, 0) is 16.2 Å². The monoisotopic (exact) mass is 891 g/mol. The fraction of sp³-hybridized carbons (Fsp3) is 0.0725. The molecule has 2 atom stereocenters. The molecular weight excluding hydrogens is 843 g/mol. The summed E-state index contributed by atoms with van der Waals surface area (Å²) in [5.74, 6) is 0. The van der Waals surface area contributed by atoms with E-state index in [-0.39, 0.29) is 5.41 Å². The van der Waals surface area contributed by atoms with Crippen LogP contribution >= 0.6 is 0 Å². The Morgan fingerprint density at radius 1 is 0.286 bits per heavy atom. The second kappa shape index (κ2) is 15.2. The molecule has 0 radical (unpaired) electrons. The molecule has 0 bridgehead atoms. The first-order chi connectivity index (χ1) is 34.5. The molecule has 0 amide bonds. The maximum absolute atomic E-state index is 2.51. The van der Waals surface area contributed by atoms with Gasteiger partial charge in [0.1, 0.15) is 0 Å². The van der Waals surface area contributed by atoms with Crippen molar-refractivity contribution in [2.45, 2.75) is 30.1 Å². The van der Waals surface area contributed by atoms with E-state index in [0.717, 1.165) is 17.1 Å². The molecular formula is C69H49N. The lowest BCUT2D eigenvalue weighted by Gasteiger charge is -2.50. The zero-order valence-corrected chi connectivity index (χ0v) is 39.3. The van der Waals surface area contributed by atoms with E-state index in [1.807, 2.05) is 0 Å². The molecule has 0 saturated heterocycles. The van der Waals surface area contributed by atoms with E-state index >= 15 is 0 Å². The second-order valence-electron chi connectivity index (χ2n) is 19.9. The van der Waals surface area contributed by atoms with Gasteiger partial charge in [0.2, 0.25) is 0 Å². The average molecular weight is 892 g/mol. The maximum atomic E-state index is 2.51. The summed E-state index contributed by atoms with van der Waals surface area (Å²) in [6.07, 6.45) is 0. The number of benzene rings is 11. The van der Waals surface area contributed by atoms with Crippen molar-refractivity contribution in [3.05, 3.63) is 316 Å². The van der Waals surface area contributed by atoms with Gasteiger partial charge in [-0.3, -0.25) is 0 Å². The van der Waals surface area contributed by atoms with Gasteiger partial charge in [0, 0.05) is 16.8 Å². The van der Waals surface area contributed by atoms with Gasteiger partial charge < -0.3 is 4.90 Å². The van der Waals surface area contributed by atoms with Gasteiger partial charge in [0.25, 0.3) is 0 Å². The molecule has 0 saturated carbocycles. The van der Waals surface area contributed by atoms with Crippen LogP contribution in [0, 0.1) is 0 Å². The number of para-hydroxylation sites is 1. The lowest BCUT2D eigenvalue weighted by Crippen LogP contribution is -2.44. The minimum absolute atomic E-state index is 0.0761. The minimum Gasteiger partial charge on any atom is -0.310 e. The van der Waals surface area contributed by atoms with E-state index < -0.39 is 10.8 Å². The zero-order valence-electron chi connectivity index (χ0n) is 39.3. The Hall–Kier alpha value is -8.52. The minimum atomic E-state index is -0.732. The predicted molar refractivity (Wildman–Crippen MR) is 291 cm³/mol. The quantitative estimate of drug-likeness (QED) is 0.154. The van der Waals surface area contributed by atoms with Crippen LogP contribution in [0.1, 0.15) is 69.5 Å². The van der Waals surface area contributed by atoms with Gasteiger partial charge in [-0.1, -0.05) is 238 Å². The smallest absolute Gasteiger partial charge is 0.0728 e. The van der Waals surface area contributed by atoms with Gasteiger partial charge >= 0.3 is 0 Å². The molecule has 11 aromatic rings. The molecule has 3 aliphatic rings. The van der Waals surface area contributed by atoms with Crippen molar-refractivity contribution < 1.29 is 0 Å². The van der Waals surface area contributed by atoms with Crippen molar-refractivity contribution in [1.82, 2.24) is 0 Å². The highest BCUT2D eigenvalue weighted by Gasteiger charge is 2.58. The Balaban J connectivity index is 1.03. The third kappa shape index (κ3) is 5.49. The molecule has 330 valence electrons. The summed E-state index contributed by atoms with van der Waals surface area (Å²) in [4.78, 5) is 2.51. The average Bonchev–Trinajstić information content (AvgIpc) is 3.86. The summed E-state index contributed by atoms with van der Waals surface area (Å²) in [5, 5.41) is 2.42. The maximum Gasteiger partial charge on any atom is 0.0728 e. The molecule has 0 heterocycles. The van der Waals surface area contributed by atoms with Crippen molar-refractivity contribution in [2.75, 3.05) is 4.90 Å². The molecule has 2 unspecified atom stereocenters. The van der Waals surface area contributed by atoms with E-state index in [9.17, 15) is 0 Å². The molecule has 0 fully saturated rings. The summed E-state index contributed by atoms with van der Waals surface area (Å²) >= 11 is 0. The molecule has 11 aromatic carbocycles. The summed E-state index contributed by atoms with van der Waals surface area (Å²) in [5.41, 5.74) is 22.8. The Morgan fingerprint density at radius 2 is 0.786 bits per heavy atom. The Kier molecular flexibility index (Phi) is 8.83. The lowest BCUT2D eigenvalue weighted by atomic mass is 9.51. The number of hydrogen-bond donors (Lipinski definition) is 0. The highest BCUT2D eigenvalue weighted by molar-refractivity contribution is 5.95. The third-order valence-corrected chi connectivity index (χ3v) is 16.2. The SMILES string of the molecule is CC1(C)c2ccccc2-c2ccc(-c3ccc(N(c4ccc5ccccc5c4)c4ccccc4C4(c5ccccc5)c5ccccc5C5(c6ccccc6)c6ccccc6-c6cccc4c65)cc3)cc21. The molecule has 0 aromatic heterocycles. The topological polar surface area (TPSA) is 3.24 Å². The van der Waals surface area contributed by atoms with Crippen molar-refractivity contribution in [2.24, 2.45) is 0 Å². The van der Waals surface area contributed by atoms with Gasteiger partial charge in [-0.2, -0.15) is 0 Å². The van der Waals surface area contributed by atoms with Gasteiger partial charge in [-0.15, -0.1) is 0 Å². The van der Waals surface area contributed by atoms with Crippen molar-refractivity contribution in [1.29, 1.82) is 0 Å². The number of anilines is 3. The Morgan fingerprint density at radius 3 is 1.51 bits per heavy atom. The third-order valence-electron chi connectivity index (χ3n) is 16.2. The van der Waals surface area contributed by atoms with Crippen LogP contribution in [0.4, 0.5) is 17.1 Å². The number of nitrogens with zero attached hydrogens (tertiary/aromatic N) is 1. The molecule has 0 N–H and O–H groups in total. The molecule has 1 nitrogen and oxygen atoms in total. The van der Waals surface area contributed by atoms with Crippen LogP contribution in [0.15, 0.2) is 261 Å². The first-order valence-corrected chi connectivity index (χ1v) is 24.7. The Labute approximate surface area is 410 Å². The van der Waals surface area contributed by atoms with Crippen molar-refractivity contribution >= 4 is 27.8 Å². The molecule has 0 aliphatic heterocycles. The highest BCUT2D eigenvalue weighted by atomic mass is 15.1. The number of fused-ring (bicyclic) bond motifs is 9. The lowest BCUT2D eigenvalue weighted by molar-refractivity contribution is 0.627. The molecule has 14 rings (SSSR count). The standard InChI is InChI=1S/C69H49N/c1-67(2)58-29-13-11-26-54(58)56-43-39-49(45-64(56)67)47-36-40-52(41-37-47)70(53-42-38-46-20-9-10-21-48(46)44-53)65-35-18-17-33-62(65)68(50-22-5-3-6-23-50)60-31-15-16-32-61(60)69(51-24-7-4-8-25-51)59-30-14-12-27-55(59)57-28-19-34-63(68)66(57)69/h3-45H,1-2H3. The van der Waals surface area contributed by atoms with Gasteiger partial charge in [-0.05, 0) is 136 Å². The van der Waals surface area contributed by atoms with E-state index in [1.165, 1.54) is 99.8 Å². The zero-order chi connectivity index (χ0) is 46.6. The van der Waals surface area contributed by atoms with Gasteiger partial charge in [0.05, 0.1) is 16.5 Å². The van der Waals surface area contributed by atoms with Crippen molar-refractivity contribution in [3.8, 4) is 33.4 Å². The van der Waals surface area contributed by atoms with E-state index in [2.05, 4.69) is 280 Å². The predicted octanol–water partition coefficient (Wildman–Crippen LogP) is 17.3. The van der Waals surface area contributed by atoms with E-state index in [4.69, 9.17) is 0 Å². The molecule has 1 heteroatoms. The second-order valence-corrected chi connectivity index (χ2v) is 19.9. The van der Waals surface area contributed by atoms with Gasteiger partial charge in [-0.25, -0.2) is 0 Å². The van der Waals surface area contributed by atoms with Gasteiger partial charge in [0.15, 0.2) is 0 Å². The van der Waals surface area contributed by atoms with Crippen LogP contribution in [0.3, 0.4) is 0 Å². The summed E-state index contributed by atoms with van der Waals surface area (Å²) < 4.78 is 0. The van der Waals surface area contributed by atoms with E-state index in [1.54, 1.807) is 0 Å². The molecule has 0 spiro atoms. The van der Waals surface area contributed by atoms with Crippen LogP contribution < -0.4 is 4.90 Å². The van der Waals surface area contributed by atoms with Crippen LogP contribution in [-0.4, -0.2) is 0 Å². The summed E-state index contributed by atoms with van der Waals surface area (Å²) in [6, 6.07) is 98.3. The molecule has 3 aliphatic carbocycles. The molecule has 70 heavy (non-hydrogen) atoms. The van der Waals surface area contributed by atoms with Crippen LogP contribution in [0.25, 0.3) is 44.2 Å². The van der Waals surface area contributed by atoms with E-state index in [0.29, 0.717) is 0 Å². The Bertz CT molecular complexity index is 3860. The van der Waals surface area contributed by atoms with Crippen molar-refractivity contribution in [3.63, 3.8) is 0 Å². The number of rotatable bonds is 7. The largest absolute Gasteiger partial charge is 0.310 e. The fourth-order valence-corrected chi connectivity index (χ4v) is 13.2. The highest BCUT2D eigenvalue weighted by Crippen LogP contribution is 2.66. The van der Waals surface area contributed by atoms with Crippen LogP contribution in [0.2, 0.25) is 0 Å². The first-order valence-electron chi connectivity index (χ1n) is 24.7. The first kappa shape index (κ1) is 40.5. The normalized spacial score (nSPS) is 17.5. The summed E-state index contributed by atoms with van der Waals surface area (Å²) in [7, 11) is 0.